The topological polar surface area (TPSA) is 61.8 Å². The Morgan fingerprint density at radius 3 is 3.05 bits per heavy atom. The van der Waals surface area contributed by atoms with Crippen molar-refractivity contribution in [2.45, 2.75) is 19.4 Å². The lowest BCUT2D eigenvalue weighted by Gasteiger charge is -2.33. The number of likely N-dealkylation sites (tertiary alicyclic amines) is 1. The van der Waals surface area contributed by atoms with Gasteiger partial charge in [-0.3, -0.25) is 9.69 Å². The normalized spacial score (nSPS) is 23.4. The number of hydrogen-bond acceptors (Lipinski definition) is 4. The molecule has 20 heavy (non-hydrogen) atoms. The van der Waals surface area contributed by atoms with Crippen molar-refractivity contribution >= 4 is 11.6 Å². The van der Waals surface area contributed by atoms with Gasteiger partial charge in [0.1, 0.15) is 5.75 Å². The van der Waals surface area contributed by atoms with Gasteiger partial charge in [-0.25, -0.2) is 0 Å². The number of carbonyl (C=O) groups excluding carboxylic acids is 1. The highest BCUT2D eigenvalue weighted by atomic mass is 16.5. The van der Waals surface area contributed by atoms with Crippen LogP contribution >= 0.6 is 0 Å². The van der Waals surface area contributed by atoms with E-state index in [1.54, 1.807) is 13.2 Å². The molecule has 2 N–H and O–H groups in total. The number of carbonyl (C=O) groups is 1. The minimum Gasteiger partial charge on any atom is -0.497 e. The predicted octanol–water partition coefficient (Wildman–Crippen LogP) is 1.34. The Hall–Kier alpha value is -1.59. The van der Waals surface area contributed by atoms with Gasteiger partial charge in [0.05, 0.1) is 19.8 Å². The third-order valence-electron chi connectivity index (χ3n) is 3.66. The average molecular weight is 278 g/mol. The molecule has 0 aliphatic carbocycles. The van der Waals surface area contributed by atoms with Crippen LogP contribution in [0, 0.1) is 5.92 Å². The predicted molar refractivity (Wildman–Crippen MR) is 77.9 cm³/mol. The van der Waals surface area contributed by atoms with Crippen LogP contribution in [0.5, 0.6) is 5.75 Å². The van der Waals surface area contributed by atoms with Crippen LogP contribution in [0.25, 0.3) is 0 Å². The molecule has 1 heterocycles. The van der Waals surface area contributed by atoms with E-state index in [9.17, 15) is 9.90 Å². The Balaban J connectivity index is 1.86. The van der Waals surface area contributed by atoms with Gasteiger partial charge in [0.2, 0.25) is 5.91 Å². The zero-order chi connectivity index (χ0) is 14.5. The average Bonchev–Trinajstić information content (AvgIpc) is 2.43. The molecule has 0 saturated carbocycles. The summed E-state index contributed by atoms with van der Waals surface area (Å²) in [6, 6.07) is 7.31. The number of anilines is 1. The first-order chi connectivity index (χ1) is 9.58. The number of amides is 1. The van der Waals surface area contributed by atoms with E-state index in [0.717, 1.165) is 30.9 Å². The number of benzene rings is 1. The second-order valence-electron chi connectivity index (χ2n) is 5.35. The minimum atomic E-state index is -0.243. The molecular weight excluding hydrogens is 256 g/mol. The molecule has 1 aromatic rings. The molecule has 110 valence electrons. The summed E-state index contributed by atoms with van der Waals surface area (Å²) in [6.45, 7) is 3.88. The van der Waals surface area contributed by atoms with Crippen LogP contribution in [0.15, 0.2) is 24.3 Å². The van der Waals surface area contributed by atoms with E-state index in [1.165, 1.54) is 0 Å². The number of rotatable bonds is 4. The number of nitrogens with zero attached hydrogens (tertiary/aromatic N) is 1. The molecule has 0 spiro atoms. The molecule has 1 aliphatic rings. The minimum absolute atomic E-state index is 0.0400. The fraction of sp³-hybridized carbons (Fsp3) is 0.533. The van der Waals surface area contributed by atoms with Gasteiger partial charge >= 0.3 is 0 Å². The molecule has 5 heteroatoms. The molecule has 2 unspecified atom stereocenters. The van der Waals surface area contributed by atoms with Crippen LogP contribution in [-0.4, -0.2) is 48.8 Å². The number of ether oxygens (including phenoxy) is 1. The first kappa shape index (κ1) is 14.8. The quantitative estimate of drug-likeness (QED) is 0.872. The zero-order valence-corrected chi connectivity index (χ0v) is 12.0. The molecule has 1 fully saturated rings. The highest BCUT2D eigenvalue weighted by Crippen LogP contribution is 2.18. The number of nitrogens with one attached hydrogen (secondary N) is 1. The summed E-state index contributed by atoms with van der Waals surface area (Å²) in [5, 5.41) is 12.5. The monoisotopic (exact) mass is 278 g/mol. The Morgan fingerprint density at radius 2 is 2.35 bits per heavy atom. The van der Waals surface area contributed by atoms with E-state index in [2.05, 4.69) is 10.2 Å². The SMILES string of the molecule is COc1cccc(NC(=O)CN2CCC(O)C(C)C2)c1. The second-order valence-corrected chi connectivity index (χ2v) is 5.35. The smallest absolute Gasteiger partial charge is 0.238 e. The zero-order valence-electron chi connectivity index (χ0n) is 12.0. The molecule has 1 amide bonds. The third-order valence-corrected chi connectivity index (χ3v) is 3.66. The van der Waals surface area contributed by atoms with Crippen molar-refractivity contribution in [1.82, 2.24) is 4.90 Å². The van der Waals surface area contributed by atoms with Crippen molar-refractivity contribution < 1.29 is 14.6 Å². The van der Waals surface area contributed by atoms with Gasteiger partial charge in [-0.2, -0.15) is 0 Å². The summed E-state index contributed by atoms with van der Waals surface area (Å²) in [4.78, 5) is 14.1. The van der Waals surface area contributed by atoms with E-state index in [0.29, 0.717) is 6.54 Å². The second kappa shape index (κ2) is 6.72. The van der Waals surface area contributed by atoms with Crippen molar-refractivity contribution in [2.75, 3.05) is 32.1 Å². The number of methoxy groups -OCH3 is 1. The number of piperidine rings is 1. The summed E-state index contributed by atoms with van der Waals surface area (Å²) in [6.07, 6.45) is 0.487. The van der Waals surface area contributed by atoms with Gasteiger partial charge in [0.15, 0.2) is 0 Å². The summed E-state index contributed by atoms with van der Waals surface area (Å²) in [5.41, 5.74) is 0.736. The fourth-order valence-electron chi connectivity index (χ4n) is 2.47. The number of aliphatic hydroxyl groups excluding tert-OH is 1. The van der Waals surface area contributed by atoms with Crippen molar-refractivity contribution in [2.24, 2.45) is 5.92 Å². The van der Waals surface area contributed by atoms with Crippen molar-refractivity contribution in [3.8, 4) is 5.75 Å². The van der Waals surface area contributed by atoms with E-state index in [4.69, 9.17) is 4.74 Å². The van der Waals surface area contributed by atoms with Crippen LogP contribution in [0.3, 0.4) is 0 Å². The maximum Gasteiger partial charge on any atom is 0.238 e. The first-order valence-electron chi connectivity index (χ1n) is 6.93. The molecule has 1 aliphatic heterocycles. The molecule has 1 aromatic carbocycles. The van der Waals surface area contributed by atoms with Crippen LogP contribution in [0.1, 0.15) is 13.3 Å². The number of aliphatic hydroxyl groups is 1. The summed E-state index contributed by atoms with van der Waals surface area (Å²) >= 11 is 0. The fourth-order valence-corrected chi connectivity index (χ4v) is 2.47. The van der Waals surface area contributed by atoms with Crippen molar-refractivity contribution in [1.29, 1.82) is 0 Å². The third kappa shape index (κ3) is 3.95. The van der Waals surface area contributed by atoms with Crippen LogP contribution in [0.2, 0.25) is 0 Å². The highest BCUT2D eigenvalue weighted by molar-refractivity contribution is 5.92. The molecule has 0 radical (unpaired) electrons. The van der Waals surface area contributed by atoms with Crippen LogP contribution in [-0.2, 0) is 4.79 Å². The van der Waals surface area contributed by atoms with Crippen molar-refractivity contribution in [3.05, 3.63) is 24.3 Å². The lowest BCUT2D eigenvalue weighted by atomic mass is 9.97. The Morgan fingerprint density at radius 1 is 1.55 bits per heavy atom. The molecule has 2 atom stereocenters. The standard InChI is InChI=1S/C15H22N2O3/c1-11-9-17(7-6-14(11)18)10-15(19)16-12-4-3-5-13(8-12)20-2/h3-5,8,11,14,18H,6-7,9-10H2,1-2H3,(H,16,19). The Labute approximate surface area is 119 Å². The van der Waals surface area contributed by atoms with Gasteiger partial charge in [-0.15, -0.1) is 0 Å². The van der Waals surface area contributed by atoms with Crippen molar-refractivity contribution in [3.63, 3.8) is 0 Å². The summed E-state index contributed by atoms with van der Waals surface area (Å²) < 4.78 is 5.12. The summed E-state index contributed by atoms with van der Waals surface area (Å²) in [5.74, 6) is 0.896. The van der Waals surface area contributed by atoms with Gasteiger partial charge < -0.3 is 15.2 Å². The molecule has 0 aromatic heterocycles. The lowest BCUT2D eigenvalue weighted by molar-refractivity contribution is -0.118. The molecule has 2 rings (SSSR count). The number of hydrogen-bond donors (Lipinski definition) is 2. The lowest BCUT2D eigenvalue weighted by Crippen LogP contribution is -2.45. The van der Waals surface area contributed by atoms with Gasteiger partial charge in [0, 0.05) is 24.8 Å². The molecule has 1 saturated heterocycles. The maximum atomic E-state index is 12.0. The van der Waals surface area contributed by atoms with Gasteiger partial charge in [-0.05, 0) is 24.5 Å². The van der Waals surface area contributed by atoms with E-state index >= 15 is 0 Å². The largest absolute Gasteiger partial charge is 0.497 e. The molecular formula is C15H22N2O3. The summed E-state index contributed by atoms with van der Waals surface area (Å²) in [7, 11) is 1.60. The molecule has 5 nitrogen and oxygen atoms in total. The van der Waals surface area contributed by atoms with E-state index < -0.39 is 0 Å². The van der Waals surface area contributed by atoms with Gasteiger partial charge in [0.25, 0.3) is 0 Å². The van der Waals surface area contributed by atoms with E-state index in [-0.39, 0.29) is 17.9 Å². The van der Waals surface area contributed by atoms with E-state index in [1.807, 2.05) is 25.1 Å². The maximum absolute atomic E-state index is 12.0. The first-order valence-corrected chi connectivity index (χ1v) is 6.93. The Bertz CT molecular complexity index is 464. The van der Waals surface area contributed by atoms with Crippen LogP contribution < -0.4 is 10.1 Å². The Kier molecular flexibility index (Phi) is 4.98. The van der Waals surface area contributed by atoms with Gasteiger partial charge in [-0.1, -0.05) is 13.0 Å². The molecule has 0 bridgehead atoms. The highest BCUT2D eigenvalue weighted by Gasteiger charge is 2.25. The van der Waals surface area contributed by atoms with Crippen LogP contribution in [0.4, 0.5) is 5.69 Å².